The fraction of sp³-hybridized carbons (Fsp3) is 0.846. The van der Waals surface area contributed by atoms with Gasteiger partial charge in [0, 0.05) is 0 Å². The lowest BCUT2D eigenvalue weighted by molar-refractivity contribution is 0.222. The molecular weight excluding hydrogens is 311 g/mol. The van der Waals surface area contributed by atoms with Gasteiger partial charge in [-0.15, -0.1) is 0 Å². The molecule has 0 atom stereocenters. The third-order valence-electron chi connectivity index (χ3n) is 2.33. The van der Waals surface area contributed by atoms with E-state index < -0.39 is 15.7 Å². The second-order valence-electron chi connectivity index (χ2n) is 5.09. The molecule has 0 rings (SSSR count). The molecule has 7 heteroatoms. The minimum atomic E-state index is -3.27. The maximum atomic E-state index is 13.2. The Bertz CT molecular complexity index is 348. The molecule has 0 aliphatic carbocycles. The van der Waals surface area contributed by atoms with E-state index in [-0.39, 0.29) is 0 Å². The second kappa shape index (κ2) is 9.31. The Labute approximate surface area is 129 Å². The van der Waals surface area contributed by atoms with Crippen LogP contribution >= 0.6 is 19.4 Å². The normalized spacial score (nSPS) is 14.2. The van der Waals surface area contributed by atoms with Gasteiger partial charge < -0.3 is 13.8 Å². The van der Waals surface area contributed by atoms with Crippen LogP contribution in [0.2, 0.25) is 19.6 Å². The highest BCUT2D eigenvalue weighted by atomic mass is 32.2. The SMILES string of the molecule is CCO/C(SCC)=C(/[Si](C)(C)C)P(=O)(OCC)OCC. The molecule has 0 bridgehead atoms. The highest BCUT2D eigenvalue weighted by Crippen LogP contribution is 2.61. The number of ether oxygens (including phenoxy) is 1. The molecule has 20 heavy (non-hydrogen) atoms. The van der Waals surface area contributed by atoms with Gasteiger partial charge in [0.1, 0.15) is 0 Å². The average molecular weight is 340 g/mol. The monoisotopic (exact) mass is 340 g/mol. The predicted octanol–water partition coefficient (Wildman–Crippen LogP) is 5.09. The number of thioether (sulfide) groups is 1. The zero-order valence-electron chi connectivity index (χ0n) is 13.8. The Morgan fingerprint density at radius 3 is 1.80 bits per heavy atom. The fourth-order valence-corrected chi connectivity index (χ4v) is 9.70. The van der Waals surface area contributed by atoms with Crippen molar-refractivity contribution in [3.8, 4) is 0 Å². The molecular formula is C13H29O4PSSi. The topological polar surface area (TPSA) is 44.8 Å². The summed E-state index contributed by atoms with van der Waals surface area (Å²) in [5.41, 5.74) is 0. The van der Waals surface area contributed by atoms with Crippen molar-refractivity contribution in [1.82, 2.24) is 0 Å². The van der Waals surface area contributed by atoms with Crippen LogP contribution < -0.4 is 0 Å². The number of rotatable bonds is 10. The quantitative estimate of drug-likeness (QED) is 0.315. The summed E-state index contributed by atoms with van der Waals surface area (Å²) in [5, 5.41) is 0.736. The van der Waals surface area contributed by atoms with Gasteiger partial charge in [-0.25, -0.2) is 0 Å². The molecule has 4 nitrogen and oxygen atoms in total. The van der Waals surface area contributed by atoms with Gasteiger partial charge >= 0.3 is 7.60 Å². The zero-order valence-corrected chi connectivity index (χ0v) is 16.5. The molecule has 0 spiro atoms. The molecule has 0 unspecified atom stereocenters. The van der Waals surface area contributed by atoms with Crippen molar-refractivity contribution < 1.29 is 18.3 Å². The van der Waals surface area contributed by atoms with Crippen molar-refractivity contribution in [1.29, 1.82) is 0 Å². The van der Waals surface area contributed by atoms with Crippen LogP contribution in [0.25, 0.3) is 0 Å². The van der Waals surface area contributed by atoms with Crippen molar-refractivity contribution in [3.05, 3.63) is 10.0 Å². The summed E-state index contributed by atoms with van der Waals surface area (Å²) >= 11 is 1.57. The van der Waals surface area contributed by atoms with Gasteiger partial charge in [0.25, 0.3) is 0 Å². The fourth-order valence-electron chi connectivity index (χ4n) is 1.78. The lowest BCUT2D eigenvalue weighted by Gasteiger charge is -2.30. The molecule has 0 saturated carbocycles. The van der Waals surface area contributed by atoms with Crippen LogP contribution in [0.1, 0.15) is 27.7 Å². The van der Waals surface area contributed by atoms with Crippen molar-refractivity contribution >= 4 is 27.4 Å². The summed E-state index contributed by atoms with van der Waals surface area (Å²) in [7, 11) is -5.18. The summed E-state index contributed by atoms with van der Waals surface area (Å²) < 4.78 is 30.0. The molecule has 0 aromatic heterocycles. The summed E-state index contributed by atoms with van der Waals surface area (Å²) in [4.78, 5) is 0.780. The maximum Gasteiger partial charge on any atom is 0.357 e. The third kappa shape index (κ3) is 5.94. The van der Waals surface area contributed by atoms with Gasteiger partial charge in [-0.3, -0.25) is 4.57 Å². The van der Waals surface area contributed by atoms with Crippen LogP contribution in [0.4, 0.5) is 0 Å². The Morgan fingerprint density at radius 1 is 1.00 bits per heavy atom. The van der Waals surface area contributed by atoms with Crippen LogP contribution in [0.5, 0.6) is 0 Å². The Hall–Kier alpha value is 0.257. The van der Waals surface area contributed by atoms with Crippen LogP contribution in [0, 0.1) is 0 Å². The van der Waals surface area contributed by atoms with E-state index in [9.17, 15) is 4.57 Å². The predicted molar refractivity (Wildman–Crippen MR) is 91.0 cm³/mol. The zero-order chi connectivity index (χ0) is 15.8. The first kappa shape index (κ1) is 20.3. The van der Waals surface area contributed by atoms with Gasteiger partial charge in [-0.05, 0) is 26.5 Å². The molecule has 0 amide bonds. The van der Waals surface area contributed by atoms with Crippen LogP contribution in [-0.2, 0) is 18.3 Å². The van der Waals surface area contributed by atoms with Crippen molar-refractivity contribution in [2.45, 2.75) is 47.3 Å². The van der Waals surface area contributed by atoms with Gasteiger partial charge in [0.15, 0.2) is 5.09 Å². The van der Waals surface area contributed by atoms with Crippen molar-refractivity contribution in [3.63, 3.8) is 0 Å². The Kier molecular flexibility index (Phi) is 9.43. The highest BCUT2D eigenvalue weighted by molar-refractivity contribution is 8.03. The second-order valence-corrected chi connectivity index (χ2v) is 13.7. The first-order chi connectivity index (χ1) is 9.26. The van der Waals surface area contributed by atoms with Gasteiger partial charge in [0.2, 0.25) is 0 Å². The van der Waals surface area contributed by atoms with Gasteiger partial charge in [0.05, 0.1) is 32.8 Å². The minimum absolute atomic E-state index is 0.363. The summed E-state index contributed by atoms with van der Waals surface area (Å²) in [6.07, 6.45) is 0. The molecule has 0 fully saturated rings. The first-order valence-corrected chi connectivity index (χ1v) is 13.2. The molecule has 0 heterocycles. The van der Waals surface area contributed by atoms with E-state index in [0.717, 1.165) is 15.8 Å². The van der Waals surface area contributed by atoms with Crippen LogP contribution in [-0.4, -0.2) is 33.6 Å². The lowest BCUT2D eigenvalue weighted by Crippen LogP contribution is -2.27. The Morgan fingerprint density at radius 2 is 1.50 bits per heavy atom. The molecule has 0 aromatic carbocycles. The molecule has 0 aliphatic rings. The van der Waals surface area contributed by atoms with E-state index >= 15 is 0 Å². The number of hydrogen-bond donors (Lipinski definition) is 0. The van der Waals surface area contributed by atoms with E-state index in [2.05, 4.69) is 26.6 Å². The van der Waals surface area contributed by atoms with E-state index in [4.69, 9.17) is 13.8 Å². The first-order valence-electron chi connectivity index (χ1n) is 7.16. The molecule has 0 aromatic rings. The standard InChI is InChI=1S/C13H29O4PSSi/c1-8-15-12(19-11-4)13(20(5,6)7)18(14,16-9-2)17-10-3/h8-11H2,1-7H3/b13-12-. The van der Waals surface area contributed by atoms with Gasteiger partial charge in [-0.2, -0.15) is 0 Å². The molecule has 0 saturated heterocycles. The maximum absolute atomic E-state index is 13.2. The van der Waals surface area contributed by atoms with E-state index in [1.165, 1.54) is 0 Å². The smallest absolute Gasteiger partial charge is 0.357 e. The third-order valence-corrected chi connectivity index (χ3v) is 9.96. The van der Waals surface area contributed by atoms with Crippen LogP contribution in [0.15, 0.2) is 10.0 Å². The van der Waals surface area contributed by atoms with E-state index in [0.29, 0.717) is 19.8 Å². The van der Waals surface area contributed by atoms with Crippen molar-refractivity contribution in [2.75, 3.05) is 25.6 Å². The summed E-state index contributed by atoms with van der Waals surface area (Å²) in [6.45, 7) is 15.4. The summed E-state index contributed by atoms with van der Waals surface area (Å²) in [6, 6.07) is 0. The van der Waals surface area contributed by atoms with Crippen molar-refractivity contribution in [2.24, 2.45) is 0 Å². The minimum Gasteiger partial charge on any atom is -0.487 e. The molecule has 0 aliphatic heterocycles. The molecule has 0 radical (unpaired) electrons. The lowest BCUT2D eigenvalue weighted by atomic mass is 10.9. The van der Waals surface area contributed by atoms with Gasteiger partial charge in [-0.1, -0.05) is 38.3 Å². The van der Waals surface area contributed by atoms with Crippen LogP contribution in [0.3, 0.4) is 0 Å². The summed E-state index contributed by atoms with van der Waals surface area (Å²) in [5.74, 6) is 0.863. The highest BCUT2D eigenvalue weighted by Gasteiger charge is 2.42. The Balaban J connectivity index is 5.95. The largest absolute Gasteiger partial charge is 0.487 e. The number of hydrogen-bond acceptors (Lipinski definition) is 5. The van der Waals surface area contributed by atoms with E-state index in [1.54, 1.807) is 11.8 Å². The molecule has 0 N–H and O–H groups in total. The average Bonchev–Trinajstić information content (AvgIpc) is 2.28. The van der Waals surface area contributed by atoms with E-state index in [1.807, 2.05) is 20.8 Å². The molecule has 120 valence electrons.